The number of ether oxygens (including phenoxy) is 3. The monoisotopic (exact) mass is 445 g/mol. The molecule has 8 nitrogen and oxygen atoms in total. The molecule has 2 aromatic heterocycles. The third kappa shape index (κ3) is 3.34. The molecule has 1 atom stereocenters. The molecule has 1 aliphatic carbocycles. The lowest BCUT2D eigenvalue weighted by Crippen LogP contribution is -2.22. The second-order valence-corrected chi connectivity index (χ2v) is 7.95. The highest BCUT2D eigenvalue weighted by atomic mass is 16.5. The summed E-state index contributed by atoms with van der Waals surface area (Å²) in [5.74, 6) is 1.35. The number of aromatic nitrogens is 3. The largest absolute Gasteiger partial charge is 0.493 e. The molecule has 0 fully saturated rings. The topological polar surface area (TPSA) is 95.4 Å². The predicted molar refractivity (Wildman–Crippen MR) is 123 cm³/mol. The Morgan fingerprint density at radius 3 is 2.30 bits per heavy atom. The van der Waals surface area contributed by atoms with Gasteiger partial charge in [-0.1, -0.05) is 18.2 Å². The highest BCUT2D eigenvalue weighted by Crippen LogP contribution is 2.43. The number of nitrogens with one attached hydrogen (secondary N) is 1. The van der Waals surface area contributed by atoms with Crippen molar-refractivity contribution in [1.29, 1.82) is 0 Å². The van der Waals surface area contributed by atoms with E-state index >= 15 is 0 Å². The van der Waals surface area contributed by atoms with Crippen LogP contribution in [0.5, 0.6) is 17.2 Å². The maximum atomic E-state index is 13.4. The maximum Gasteiger partial charge on any atom is 0.281 e. The lowest BCUT2D eigenvalue weighted by molar-refractivity contribution is 0.0964. The zero-order valence-corrected chi connectivity index (χ0v) is 18.5. The number of para-hydroxylation sites is 1. The van der Waals surface area contributed by atoms with Gasteiger partial charge in [-0.3, -0.25) is 14.7 Å². The lowest BCUT2D eigenvalue weighted by atomic mass is 9.79. The molecule has 0 saturated carbocycles. The first-order chi connectivity index (χ1) is 16.0. The zero-order chi connectivity index (χ0) is 23.1. The van der Waals surface area contributed by atoms with Crippen molar-refractivity contribution in [3.05, 3.63) is 75.7 Å². The predicted octanol–water partition coefficient (Wildman–Crippen LogP) is 3.65. The van der Waals surface area contributed by atoms with E-state index < -0.39 is 0 Å². The van der Waals surface area contributed by atoms with Crippen LogP contribution in [0.2, 0.25) is 0 Å². The highest BCUT2D eigenvalue weighted by molar-refractivity contribution is 6.02. The van der Waals surface area contributed by atoms with Crippen LogP contribution in [-0.4, -0.2) is 41.9 Å². The van der Waals surface area contributed by atoms with Crippen molar-refractivity contribution in [1.82, 2.24) is 14.8 Å². The average molecular weight is 445 g/mol. The van der Waals surface area contributed by atoms with Gasteiger partial charge >= 0.3 is 0 Å². The van der Waals surface area contributed by atoms with Crippen LogP contribution in [0.4, 0.5) is 0 Å². The summed E-state index contributed by atoms with van der Waals surface area (Å²) in [4.78, 5) is 30.8. The fraction of sp³-hybridized carbons (Fsp3) is 0.240. The van der Waals surface area contributed by atoms with E-state index in [9.17, 15) is 9.59 Å². The van der Waals surface area contributed by atoms with Gasteiger partial charge in [-0.2, -0.15) is 0 Å². The molecule has 8 heteroatoms. The van der Waals surface area contributed by atoms with Crippen LogP contribution in [-0.2, 0) is 6.42 Å². The van der Waals surface area contributed by atoms with Crippen molar-refractivity contribution in [3.63, 3.8) is 0 Å². The molecule has 0 bridgehead atoms. The Labute approximate surface area is 189 Å². The van der Waals surface area contributed by atoms with Gasteiger partial charge in [0, 0.05) is 18.2 Å². The molecular formula is C25H23N3O5. The smallest absolute Gasteiger partial charge is 0.281 e. The zero-order valence-electron chi connectivity index (χ0n) is 18.5. The maximum absolute atomic E-state index is 13.4. The number of methoxy groups -OCH3 is 3. The van der Waals surface area contributed by atoms with Gasteiger partial charge in [-0.15, -0.1) is 0 Å². The summed E-state index contributed by atoms with van der Waals surface area (Å²) in [7, 11) is 4.67. The molecule has 0 saturated heterocycles. The van der Waals surface area contributed by atoms with Crippen LogP contribution in [0.3, 0.4) is 0 Å². The van der Waals surface area contributed by atoms with E-state index in [2.05, 4.69) is 10.1 Å². The number of hydrogen-bond acceptors (Lipinski definition) is 6. The van der Waals surface area contributed by atoms with Crippen molar-refractivity contribution in [3.8, 4) is 22.9 Å². The first-order valence-corrected chi connectivity index (χ1v) is 10.6. The third-order valence-electron chi connectivity index (χ3n) is 6.18. The molecule has 168 valence electrons. The Morgan fingerprint density at radius 2 is 1.67 bits per heavy atom. The molecular weight excluding hydrogens is 422 g/mol. The minimum atomic E-state index is -0.223. The number of rotatable bonds is 5. The number of carbonyl (C=O) groups excluding carboxylic acids is 1. The standard InChI is InChI=1S/C25H23N3O5/c1-31-20-11-15(12-21(32-2)23(20)33-3)14-9-17-18(19(29)10-14)13-26-24-22(17)25(30)28(27-24)16-7-5-4-6-8-16/h4-8,11-14H,9-10H2,1-3H3,(H,26,27). The Balaban J connectivity index is 1.64. The Hall–Kier alpha value is -4.07. The van der Waals surface area contributed by atoms with Crippen molar-refractivity contribution >= 4 is 16.8 Å². The third-order valence-corrected chi connectivity index (χ3v) is 6.18. The second-order valence-electron chi connectivity index (χ2n) is 7.95. The number of Topliss-reactive ketones (excluding diaryl/α,β-unsaturated/α-hetero) is 1. The van der Waals surface area contributed by atoms with Gasteiger partial charge in [0.1, 0.15) is 0 Å². The molecule has 0 amide bonds. The fourth-order valence-corrected chi connectivity index (χ4v) is 4.57. The normalized spacial score (nSPS) is 15.4. The number of H-pyrrole nitrogens is 1. The minimum absolute atomic E-state index is 0.0451. The SMILES string of the molecule is COc1cc(C2CC(=O)c3cnc4[nH]n(-c5ccccc5)c(=O)c4c3C2)cc(OC)c1OC. The molecule has 2 aromatic carbocycles. The van der Waals surface area contributed by atoms with Crippen LogP contribution in [0.1, 0.15) is 33.8 Å². The van der Waals surface area contributed by atoms with Gasteiger partial charge < -0.3 is 14.2 Å². The Morgan fingerprint density at radius 1 is 0.970 bits per heavy atom. The lowest BCUT2D eigenvalue weighted by Gasteiger charge is -2.25. The van der Waals surface area contributed by atoms with E-state index in [1.54, 1.807) is 27.5 Å². The van der Waals surface area contributed by atoms with E-state index in [1.807, 2.05) is 42.5 Å². The summed E-state index contributed by atoms with van der Waals surface area (Å²) >= 11 is 0. The summed E-state index contributed by atoms with van der Waals surface area (Å²) in [6.45, 7) is 0. The van der Waals surface area contributed by atoms with Gasteiger partial charge in [0.05, 0.1) is 32.4 Å². The van der Waals surface area contributed by atoms with E-state index in [0.717, 1.165) is 5.56 Å². The quantitative estimate of drug-likeness (QED) is 0.504. The van der Waals surface area contributed by atoms with Crippen LogP contribution < -0.4 is 19.8 Å². The average Bonchev–Trinajstić information content (AvgIpc) is 3.20. The number of pyridine rings is 1. The highest BCUT2D eigenvalue weighted by Gasteiger charge is 2.31. The van der Waals surface area contributed by atoms with Gasteiger partial charge in [0.15, 0.2) is 22.9 Å². The fourth-order valence-electron chi connectivity index (χ4n) is 4.57. The van der Waals surface area contributed by atoms with Gasteiger partial charge in [-0.25, -0.2) is 9.67 Å². The molecule has 1 unspecified atom stereocenters. The Kier molecular flexibility index (Phi) is 5.12. The van der Waals surface area contributed by atoms with Crippen LogP contribution in [0, 0.1) is 0 Å². The number of nitrogens with zero attached hydrogens (tertiary/aromatic N) is 2. The number of ketones is 1. The van der Waals surface area contributed by atoms with E-state index in [0.29, 0.717) is 57.9 Å². The molecule has 4 aromatic rings. The van der Waals surface area contributed by atoms with Gasteiger partial charge in [-0.05, 0) is 47.7 Å². The van der Waals surface area contributed by atoms with Crippen LogP contribution in [0.25, 0.3) is 16.7 Å². The first kappa shape index (κ1) is 20.8. The molecule has 0 radical (unpaired) electrons. The number of hydrogen-bond donors (Lipinski definition) is 1. The molecule has 1 aliphatic rings. The van der Waals surface area contributed by atoms with E-state index in [-0.39, 0.29) is 17.3 Å². The summed E-state index contributed by atoms with van der Waals surface area (Å²) in [6.07, 6.45) is 2.38. The van der Waals surface area contributed by atoms with Crippen molar-refractivity contribution < 1.29 is 19.0 Å². The summed E-state index contributed by atoms with van der Waals surface area (Å²) < 4.78 is 17.9. The van der Waals surface area contributed by atoms with E-state index in [4.69, 9.17) is 14.2 Å². The van der Waals surface area contributed by atoms with Crippen molar-refractivity contribution in [2.75, 3.05) is 21.3 Å². The van der Waals surface area contributed by atoms with Crippen LogP contribution in [0.15, 0.2) is 53.5 Å². The number of benzene rings is 2. The van der Waals surface area contributed by atoms with Gasteiger partial charge in [0.25, 0.3) is 5.56 Å². The van der Waals surface area contributed by atoms with Gasteiger partial charge in [0.2, 0.25) is 5.75 Å². The summed E-state index contributed by atoms with van der Waals surface area (Å²) in [5, 5.41) is 3.52. The van der Waals surface area contributed by atoms with Crippen molar-refractivity contribution in [2.24, 2.45) is 0 Å². The number of aromatic amines is 1. The van der Waals surface area contributed by atoms with Crippen molar-refractivity contribution in [2.45, 2.75) is 18.8 Å². The van der Waals surface area contributed by atoms with Crippen LogP contribution >= 0.6 is 0 Å². The molecule has 33 heavy (non-hydrogen) atoms. The Bertz CT molecular complexity index is 1400. The number of fused-ring (bicyclic) bond motifs is 3. The molecule has 2 heterocycles. The molecule has 0 aliphatic heterocycles. The minimum Gasteiger partial charge on any atom is -0.493 e. The number of carbonyl (C=O) groups is 1. The molecule has 1 N–H and O–H groups in total. The molecule has 5 rings (SSSR count). The first-order valence-electron chi connectivity index (χ1n) is 10.6. The second kappa shape index (κ2) is 8.12. The van der Waals surface area contributed by atoms with E-state index in [1.165, 1.54) is 4.68 Å². The summed E-state index contributed by atoms with van der Waals surface area (Å²) in [5.41, 5.74) is 3.04. The molecule has 0 spiro atoms. The summed E-state index contributed by atoms with van der Waals surface area (Å²) in [6, 6.07) is 13.0.